The van der Waals surface area contributed by atoms with Gasteiger partial charge in [-0.3, -0.25) is 4.79 Å². The molecule has 0 saturated carbocycles. The third-order valence-corrected chi connectivity index (χ3v) is 2.68. The topological polar surface area (TPSA) is 26.3 Å². The van der Waals surface area contributed by atoms with E-state index >= 15 is 0 Å². The lowest BCUT2D eigenvalue weighted by molar-refractivity contribution is -0.127. The minimum absolute atomic E-state index is 0.131. The molecule has 0 heterocycles. The number of hydrogen-bond donors (Lipinski definition) is 0. The highest BCUT2D eigenvalue weighted by Crippen LogP contribution is 2.12. The van der Waals surface area contributed by atoms with E-state index in [0.29, 0.717) is 6.42 Å². The molecule has 0 amide bonds. The summed E-state index contributed by atoms with van der Waals surface area (Å²) in [5.74, 6) is 0.131. The molecule has 1 unspecified atom stereocenters. The van der Waals surface area contributed by atoms with E-state index in [0.717, 1.165) is 11.1 Å². The van der Waals surface area contributed by atoms with Crippen LogP contribution in [0, 0.1) is 13.8 Å². The molecule has 0 saturated heterocycles. The summed E-state index contributed by atoms with van der Waals surface area (Å²) in [6, 6.07) is 6.17. The lowest BCUT2D eigenvalue weighted by Gasteiger charge is -2.10. The number of carbonyl (C=O) groups excluding carboxylic acids is 1. The fraction of sp³-hybridized carbons (Fsp3) is 0.462. The number of ether oxygens (including phenoxy) is 1. The first-order valence-corrected chi connectivity index (χ1v) is 5.16. The lowest BCUT2D eigenvalue weighted by Crippen LogP contribution is -2.21. The Bertz CT molecular complexity index is 356. The minimum atomic E-state index is -0.315. The maximum Gasteiger partial charge on any atom is 0.165 e. The molecule has 0 bridgehead atoms. The predicted molar refractivity (Wildman–Crippen MR) is 61.1 cm³/mol. The van der Waals surface area contributed by atoms with Crippen LogP contribution in [0.3, 0.4) is 0 Å². The number of aryl methyl sites for hydroxylation is 2. The summed E-state index contributed by atoms with van der Waals surface area (Å²) in [5, 5.41) is 0. The summed E-state index contributed by atoms with van der Waals surface area (Å²) in [6.45, 7) is 5.85. The van der Waals surface area contributed by atoms with Crippen LogP contribution in [-0.4, -0.2) is 19.0 Å². The summed E-state index contributed by atoms with van der Waals surface area (Å²) >= 11 is 0. The highest BCUT2D eigenvalue weighted by Gasteiger charge is 2.13. The molecule has 0 aromatic heterocycles. The van der Waals surface area contributed by atoms with Crippen LogP contribution >= 0.6 is 0 Å². The number of Topliss-reactive ketones (excluding diaryl/α,β-unsaturated/α-hetero) is 1. The van der Waals surface area contributed by atoms with E-state index in [2.05, 4.69) is 18.2 Å². The van der Waals surface area contributed by atoms with Crippen molar-refractivity contribution in [3.05, 3.63) is 34.9 Å². The van der Waals surface area contributed by atoms with E-state index in [4.69, 9.17) is 4.74 Å². The van der Waals surface area contributed by atoms with Crippen molar-refractivity contribution in [3.8, 4) is 0 Å². The Morgan fingerprint density at radius 3 is 2.67 bits per heavy atom. The van der Waals surface area contributed by atoms with Gasteiger partial charge in [-0.25, -0.2) is 0 Å². The highest BCUT2D eigenvalue weighted by molar-refractivity contribution is 5.85. The molecule has 0 aliphatic heterocycles. The van der Waals surface area contributed by atoms with Crippen LogP contribution in [0.1, 0.15) is 23.6 Å². The van der Waals surface area contributed by atoms with E-state index in [-0.39, 0.29) is 11.9 Å². The lowest BCUT2D eigenvalue weighted by atomic mass is 9.99. The molecule has 1 rings (SSSR count). The van der Waals surface area contributed by atoms with Gasteiger partial charge < -0.3 is 4.74 Å². The molecule has 15 heavy (non-hydrogen) atoms. The van der Waals surface area contributed by atoms with Gasteiger partial charge in [0.1, 0.15) is 6.10 Å². The first kappa shape index (κ1) is 11.9. The number of ketones is 1. The molecule has 1 aromatic carbocycles. The number of hydrogen-bond acceptors (Lipinski definition) is 2. The zero-order valence-corrected chi connectivity index (χ0v) is 9.83. The third-order valence-electron chi connectivity index (χ3n) is 2.68. The van der Waals surface area contributed by atoms with Crippen molar-refractivity contribution in [1.82, 2.24) is 0 Å². The maximum absolute atomic E-state index is 11.7. The molecule has 0 aliphatic carbocycles. The fourth-order valence-corrected chi connectivity index (χ4v) is 1.45. The van der Waals surface area contributed by atoms with E-state index in [9.17, 15) is 4.79 Å². The number of methoxy groups -OCH3 is 1. The summed E-state index contributed by atoms with van der Waals surface area (Å²) in [7, 11) is 1.56. The Balaban J connectivity index is 2.80. The normalized spacial score (nSPS) is 12.5. The van der Waals surface area contributed by atoms with Crippen LogP contribution in [0.5, 0.6) is 0 Å². The first-order chi connectivity index (χ1) is 7.04. The zero-order chi connectivity index (χ0) is 11.4. The van der Waals surface area contributed by atoms with Gasteiger partial charge in [0.25, 0.3) is 0 Å². The van der Waals surface area contributed by atoms with Gasteiger partial charge in [0, 0.05) is 13.5 Å². The Morgan fingerprint density at radius 1 is 1.40 bits per heavy atom. The quantitative estimate of drug-likeness (QED) is 0.756. The molecule has 0 spiro atoms. The minimum Gasteiger partial charge on any atom is -0.374 e. The van der Waals surface area contributed by atoms with E-state index in [1.54, 1.807) is 14.0 Å². The van der Waals surface area contributed by atoms with E-state index in [1.807, 2.05) is 13.8 Å². The van der Waals surface area contributed by atoms with Crippen LogP contribution in [0.15, 0.2) is 18.2 Å². The van der Waals surface area contributed by atoms with E-state index < -0.39 is 0 Å². The van der Waals surface area contributed by atoms with Crippen LogP contribution in [0.25, 0.3) is 0 Å². The third kappa shape index (κ3) is 3.17. The van der Waals surface area contributed by atoms with E-state index in [1.165, 1.54) is 5.56 Å². The SMILES string of the molecule is COC(C)C(=O)Cc1cc(C)ccc1C. The largest absolute Gasteiger partial charge is 0.374 e. The second-order valence-electron chi connectivity index (χ2n) is 3.95. The zero-order valence-electron chi connectivity index (χ0n) is 9.83. The smallest absolute Gasteiger partial charge is 0.165 e. The van der Waals surface area contributed by atoms with Gasteiger partial charge in [0.2, 0.25) is 0 Å². The molecule has 0 fully saturated rings. The van der Waals surface area contributed by atoms with Crippen molar-refractivity contribution in [2.45, 2.75) is 33.3 Å². The van der Waals surface area contributed by atoms with Gasteiger partial charge in [-0.15, -0.1) is 0 Å². The Kier molecular flexibility index (Phi) is 4.04. The van der Waals surface area contributed by atoms with Gasteiger partial charge in [-0.2, -0.15) is 0 Å². The monoisotopic (exact) mass is 206 g/mol. The second kappa shape index (κ2) is 5.08. The van der Waals surface area contributed by atoms with Gasteiger partial charge in [0.15, 0.2) is 5.78 Å². The standard InChI is InChI=1S/C13H18O2/c1-9-5-6-10(2)12(7-9)8-13(14)11(3)15-4/h5-7,11H,8H2,1-4H3. The van der Waals surface area contributed by atoms with Crippen molar-refractivity contribution in [3.63, 3.8) is 0 Å². The Hall–Kier alpha value is -1.15. The Labute approximate surface area is 91.3 Å². The average Bonchev–Trinajstić information content (AvgIpc) is 2.22. The van der Waals surface area contributed by atoms with Crippen LogP contribution in [0.2, 0.25) is 0 Å². The van der Waals surface area contributed by atoms with Crippen LogP contribution in [0.4, 0.5) is 0 Å². The molecule has 0 aliphatic rings. The van der Waals surface area contributed by atoms with Crippen molar-refractivity contribution < 1.29 is 9.53 Å². The van der Waals surface area contributed by atoms with Gasteiger partial charge in [0.05, 0.1) is 0 Å². The molecule has 0 radical (unpaired) electrons. The average molecular weight is 206 g/mol. The number of carbonyl (C=O) groups is 1. The van der Waals surface area contributed by atoms with Crippen molar-refractivity contribution in [2.24, 2.45) is 0 Å². The number of benzene rings is 1. The summed E-state index contributed by atoms with van der Waals surface area (Å²) < 4.78 is 5.00. The van der Waals surface area contributed by atoms with Gasteiger partial charge in [-0.1, -0.05) is 23.8 Å². The second-order valence-corrected chi connectivity index (χ2v) is 3.95. The first-order valence-electron chi connectivity index (χ1n) is 5.16. The summed E-state index contributed by atoms with van der Waals surface area (Å²) in [4.78, 5) is 11.7. The van der Waals surface area contributed by atoms with Crippen molar-refractivity contribution in [1.29, 1.82) is 0 Å². The van der Waals surface area contributed by atoms with Crippen molar-refractivity contribution >= 4 is 5.78 Å². The van der Waals surface area contributed by atoms with Crippen molar-refractivity contribution in [2.75, 3.05) is 7.11 Å². The molecular formula is C13H18O2. The predicted octanol–water partition coefficient (Wildman–Crippen LogP) is 2.45. The molecule has 0 N–H and O–H groups in total. The number of rotatable bonds is 4. The Morgan fingerprint density at radius 2 is 2.07 bits per heavy atom. The molecule has 2 nitrogen and oxygen atoms in total. The fourth-order valence-electron chi connectivity index (χ4n) is 1.45. The molecule has 1 atom stereocenters. The van der Waals surface area contributed by atoms with Crippen LogP contribution in [-0.2, 0) is 16.0 Å². The molecule has 2 heteroatoms. The van der Waals surface area contributed by atoms with Crippen LogP contribution < -0.4 is 0 Å². The highest BCUT2D eigenvalue weighted by atomic mass is 16.5. The maximum atomic E-state index is 11.7. The van der Waals surface area contributed by atoms with Gasteiger partial charge in [-0.05, 0) is 31.9 Å². The molecule has 1 aromatic rings. The van der Waals surface area contributed by atoms with Gasteiger partial charge >= 0.3 is 0 Å². The molecular weight excluding hydrogens is 188 g/mol. The molecule has 82 valence electrons. The summed E-state index contributed by atoms with van der Waals surface area (Å²) in [5.41, 5.74) is 3.45. The summed E-state index contributed by atoms with van der Waals surface area (Å²) in [6.07, 6.45) is 0.146.